The summed E-state index contributed by atoms with van der Waals surface area (Å²) in [6, 6.07) is 5.53. The zero-order chi connectivity index (χ0) is 20.8. The average molecular weight is 420 g/mol. The zero-order valence-corrected chi connectivity index (χ0v) is 16.0. The molecule has 4 N–H and O–H groups in total. The van der Waals surface area contributed by atoms with Gasteiger partial charge in [-0.25, -0.2) is 13.8 Å². The smallest absolute Gasteiger partial charge is 0.274 e. The number of benzene rings is 1. The molecule has 1 spiro atoms. The van der Waals surface area contributed by atoms with E-state index >= 15 is 0 Å². The molecule has 7 nitrogen and oxygen atoms in total. The number of aromatic nitrogens is 1. The molecule has 152 valence electrons. The summed E-state index contributed by atoms with van der Waals surface area (Å²) < 4.78 is 39.3. The van der Waals surface area contributed by atoms with Gasteiger partial charge in [-0.1, -0.05) is 0 Å². The highest BCUT2D eigenvalue weighted by Crippen LogP contribution is 2.43. The fourth-order valence-corrected chi connectivity index (χ4v) is 5.48. The molecule has 1 fully saturated rings. The fourth-order valence-electron chi connectivity index (χ4n) is 3.58. The van der Waals surface area contributed by atoms with Gasteiger partial charge in [-0.15, -0.1) is 0 Å². The van der Waals surface area contributed by atoms with Gasteiger partial charge in [-0.2, -0.15) is 0 Å². The van der Waals surface area contributed by atoms with Crippen LogP contribution in [-0.4, -0.2) is 42.6 Å². The summed E-state index contributed by atoms with van der Waals surface area (Å²) in [7, 11) is -1.41. The number of nitrogens with two attached hydrogens (primary N) is 1. The van der Waals surface area contributed by atoms with Gasteiger partial charge in [0.05, 0.1) is 24.1 Å². The highest BCUT2D eigenvalue weighted by atomic mass is 32.2. The molecular formula is C19H18F2N4O3S. The first-order valence-electron chi connectivity index (χ1n) is 8.91. The number of rotatable bonds is 3. The van der Waals surface area contributed by atoms with Crippen molar-refractivity contribution in [1.29, 1.82) is 0 Å². The van der Waals surface area contributed by atoms with Gasteiger partial charge in [0.2, 0.25) is 0 Å². The number of carbonyl (C=O) groups excluding carboxylic acids is 1. The Hall–Kier alpha value is -2.72. The van der Waals surface area contributed by atoms with E-state index in [4.69, 9.17) is 5.73 Å². The van der Waals surface area contributed by atoms with Crippen LogP contribution in [0.2, 0.25) is 0 Å². The molecule has 1 amide bonds. The summed E-state index contributed by atoms with van der Waals surface area (Å²) in [5.74, 6) is -1.49. The van der Waals surface area contributed by atoms with E-state index in [1.54, 1.807) is 0 Å². The van der Waals surface area contributed by atoms with Gasteiger partial charge >= 0.3 is 0 Å². The largest absolute Gasteiger partial charge is 0.393 e. The van der Waals surface area contributed by atoms with Crippen molar-refractivity contribution in [3.8, 4) is 0 Å². The topological polar surface area (TPSA) is 118 Å². The van der Waals surface area contributed by atoms with Gasteiger partial charge in [0, 0.05) is 22.1 Å². The lowest BCUT2D eigenvalue weighted by Crippen LogP contribution is -2.61. The Morgan fingerprint density at radius 1 is 1.28 bits per heavy atom. The number of carbonyl (C=O) groups is 1. The van der Waals surface area contributed by atoms with Gasteiger partial charge in [0.15, 0.2) is 0 Å². The highest BCUT2D eigenvalue weighted by Gasteiger charge is 2.54. The normalized spacial score (nSPS) is 28.5. The Morgan fingerprint density at radius 2 is 2.03 bits per heavy atom. The molecule has 1 aliphatic carbocycles. The van der Waals surface area contributed by atoms with Crippen LogP contribution in [0.4, 0.5) is 14.5 Å². The minimum atomic E-state index is -1.41. The molecule has 29 heavy (non-hydrogen) atoms. The van der Waals surface area contributed by atoms with Crippen LogP contribution in [-0.2, 0) is 10.8 Å². The molecule has 0 bridgehead atoms. The summed E-state index contributed by atoms with van der Waals surface area (Å²) in [5, 5.41) is 12.2. The van der Waals surface area contributed by atoms with Gasteiger partial charge in [0.25, 0.3) is 5.91 Å². The number of pyridine rings is 1. The number of aliphatic hydroxyl groups is 1. The number of aliphatic imine (C=N–C) groups is 1. The molecule has 1 aliphatic heterocycles. The van der Waals surface area contributed by atoms with Crippen LogP contribution in [0.5, 0.6) is 0 Å². The SMILES string of the molecule is NC1=NC(c2cc(NC(=O)c3ccc(F)cn3)ccc2F)CS(=O)C12CC(O)C2. The number of halogens is 2. The summed E-state index contributed by atoms with van der Waals surface area (Å²) in [5.41, 5.74) is 6.47. The van der Waals surface area contributed by atoms with Crippen LogP contribution < -0.4 is 11.1 Å². The lowest BCUT2D eigenvalue weighted by atomic mass is 9.80. The fraction of sp³-hybridized carbons (Fsp3) is 0.316. The number of hydrogen-bond acceptors (Lipinski definition) is 6. The Morgan fingerprint density at radius 3 is 2.66 bits per heavy atom. The second-order valence-electron chi connectivity index (χ2n) is 7.15. The van der Waals surface area contributed by atoms with E-state index in [1.807, 2.05) is 0 Å². The minimum absolute atomic E-state index is 0.00351. The van der Waals surface area contributed by atoms with Crippen molar-refractivity contribution in [3.63, 3.8) is 0 Å². The maximum Gasteiger partial charge on any atom is 0.274 e. The molecule has 1 saturated carbocycles. The van der Waals surface area contributed by atoms with Crippen LogP contribution >= 0.6 is 0 Å². The number of amidine groups is 1. The van der Waals surface area contributed by atoms with Crippen LogP contribution in [0.25, 0.3) is 0 Å². The third-order valence-electron chi connectivity index (χ3n) is 5.21. The summed E-state index contributed by atoms with van der Waals surface area (Å²) in [4.78, 5) is 20.3. The van der Waals surface area contributed by atoms with E-state index in [1.165, 1.54) is 24.3 Å². The molecule has 2 heterocycles. The third kappa shape index (κ3) is 3.53. The van der Waals surface area contributed by atoms with Crippen molar-refractivity contribution in [2.24, 2.45) is 10.7 Å². The van der Waals surface area contributed by atoms with E-state index in [9.17, 15) is 22.9 Å². The zero-order valence-electron chi connectivity index (χ0n) is 15.1. The van der Waals surface area contributed by atoms with Crippen molar-refractivity contribution >= 4 is 28.2 Å². The van der Waals surface area contributed by atoms with E-state index < -0.39 is 45.2 Å². The van der Waals surface area contributed by atoms with Crippen LogP contribution in [0.15, 0.2) is 41.5 Å². The molecule has 0 radical (unpaired) electrons. The van der Waals surface area contributed by atoms with Crippen LogP contribution in [0, 0.1) is 11.6 Å². The Labute approximate surface area is 167 Å². The molecule has 10 heteroatoms. The average Bonchev–Trinajstić information content (AvgIpc) is 2.65. The molecule has 4 rings (SSSR count). The minimum Gasteiger partial charge on any atom is -0.393 e. The summed E-state index contributed by atoms with van der Waals surface area (Å²) in [6.07, 6.45) is 0.933. The Kier molecular flexibility index (Phi) is 4.91. The Balaban J connectivity index is 1.58. The summed E-state index contributed by atoms with van der Waals surface area (Å²) in [6.45, 7) is 0. The second kappa shape index (κ2) is 7.27. The van der Waals surface area contributed by atoms with E-state index in [0.717, 1.165) is 12.3 Å². The molecule has 2 aromatic rings. The quantitative estimate of drug-likeness (QED) is 0.698. The van der Waals surface area contributed by atoms with Crippen molar-refractivity contribution in [3.05, 3.63) is 59.4 Å². The predicted molar refractivity (Wildman–Crippen MR) is 104 cm³/mol. The van der Waals surface area contributed by atoms with Gasteiger partial charge in [-0.3, -0.25) is 14.0 Å². The van der Waals surface area contributed by atoms with E-state index in [-0.39, 0.29) is 41.4 Å². The maximum atomic E-state index is 14.4. The first-order valence-corrected chi connectivity index (χ1v) is 10.2. The van der Waals surface area contributed by atoms with Crippen molar-refractivity contribution in [2.75, 3.05) is 11.1 Å². The monoisotopic (exact) mass is 420 g/mol. The lowest BCUT2D eigenvalue weighted by molar-refractivity contribution is 0.0810. The van der Waals surface area contributed by atoms with Crippen LogP contribution in [0.3, 0.4) is 0 Å². The second-order valence-corrected chi connectivity index (χ2v) is 8.96. The van der Waals surface area contributed by atoms with Crippen molar-refractivity contribution < 1.29 is 22.9 Å². The number of amides is 1. The third-order valence-corrected chi connectivity index (χ3v) is 7.24. The number of aliphatic hydroxyl groups excluding tert-OH is 1. The molecule has 2 unspecified atom stereocenters. The molecule has 1 aromatic heterocycles. The lowest BCUT2D eigenvalue weighted by Gasteiger charge is -2.46. The molecule has 1 aromatic carbocycles. The first-order chi connectivity index (χ1) is 13.8. The van der Waals surface area contributed by atoms with Crippen LogP contribution in [0.1, 0.15) is 34.9 Å². The van der Waals surface area contributed by atoms with E-state index in [0.29, 0.717) is 0 Å². The summed E-state index contributed by atoms with van der Waals surface area (Å²) >= 11 is 0. The number of nitrogens with zero attached hydrogens (tertiary/aromatic N) is 2. The molecule has 2 aliphatic rings. The number of hydrogen-bond donors (Lipinski definition) is 3. The van der Waals surface area contributed by atoms with Gasteiger partial charge in [-0.05, 0) is 43.2 Å². The predicted octanol–water partition coefficient (Wildman–Crippen LogP) is 1.67. The van der Waals surface area contributed by atoms with Gasteiger partial charge < -0.3 is 16.2 Å². The van der Waals surface area contributed by atoms with E-state index in [2.05, 4.69) is 15.3 Å². The standard InChI is InChI=1S/C19H18F2N4O3S/c20-10-1-4-15(23-8-10)17(27)24-11-2-3-14(21)13(5-11)16-9-29(28)19(18(22)25-16)6-12(26)7-19/h1-5,8,12,16,26H,6-7,9H2,(H2,22,25)(H,24,27). The molecular weight excluding hydrogens is 402 g/mol. The van der Waals surface area contributed by atoms with Crippen molar-refractivity contribution in [2.45, 2.75) is 29.7 Å². The number of anilines is 1. The Bertz CT molecular complexity index is 1020. The van der Waals surface area contributed by atoms with Crippen molar-refractivity contribution in [1.82, 2.24) is 4.98 Å². The molecule has 0 saturated heterocycles. The molecule has 2 atom stereocenters. The maximum absolute atomic E-state index is 14.4. The highest BCUT2D eigenvalue weighted by molar-refractivity contribution is 7.87. The first kappa shape index (κ1) is 19.6. The van der Waals surface area contributed by atoms with Gasteiger partial charge in [0.1, 0.15) is 27.9 Å². The number of nitrogens with one attached hydrogen (secondary N) is 1.